The van der Waals surface area contributed by atoms with E-state index in [2.05, 4.69) is 5.32 Å². The maximum Gasteiger partial charge on any atom is 0.340 e. The molecular weight excluding hydrogens is 182 g/mol. The number of hydrogen-bond acceptors (Lipinski definition) is 3. The van der Waals surface area contributed by atoms with Crippen LogP contribution in [0.3, 0.4) is 0 Å². The van der Waals surface area contributed by atoms with Gasteiger partial charge in [0, 0.05) is 0 Å². The molecule has 0 bridgehead atoms. The van der Waals surface area contributed by atoms with Crippen molar-refractivity contribution in [2.24, 2.45) is 0 Å². The third-order valence-corrected chi connectivity index (χ3v) is 1.95. The zero-order valence-electron chi connectivity index (χ0n) is 7.40. The van der Waals surface area contributed by atoms with E-state index in [0.717, 1.165) is 0 Å². The zero-order valence-corrected chi connectivity index (χ0v) is 7.40. The highest BCUT2D eigenvalue weighted by atomic mass is 16.6. The van der Waals surface area contributed by atoms with Crippen LogP contribution in [0.1, 0.15) is 16.8 Å². The van der Waals surface area contributed by atoms with Crippen LogP contribution in [0.2, 0.25) is 0 Å². The molecule has 1 heterocycles. The van der Waals surface area contributed by atoms with Crippen molar-refractivity contribution in [2.45, 2.75) is 12.6 Å². The van der Waals surface area contributed by atoms with Gasteiger partial charge in [0.05, 0.1) is 12.0 Å². The Bertz CT molecular complexity index is 353. The van der Waals surface area contributed by atoms with Crippen LogP contribution in [-0.4, -0.2) is 18.1 Å². The van der Waals surface area contributed by atoms with Crippen LogP contribution in [0.4, 0.5) is 0 Å². The van der Waals surface area contributed by atoms with Crippen molar-refractivity contribution in [1.29, 1.82) is 0 Å². The Kier molecular flexibility index (Phi) is 2.18. The summed E-state index contributed by atoms with van der Waals surface area (Å²) in [5, 5.41) is 2.46. The number of ether oxygens (including phenoxy) is 1. The Morgan fingerprint density at radius 2 is 2.00 bits per heavy atom. The van der Waals surface area contributed by atoms with Crippen molar-refractivity contribution in [2.75, 3.05) is 0 Å². The number of amides is 1. The number of nitrogens with one attached hydrogen (secondary N) is 1. The Morgan fingerprint density at radius 1 is 1.36 bits per heavy atom. The number of benzene rings is 1. The van der Waals surface area contributed by atoms with Crippen LogP contribution in [0.25, 0.3) is 0 Å². The number of esters is 1. The lowest BCUT2D eigenvalue weighted by Gasteiger charge is -2.26. The quantitative estimate of drug-likeness (QED) is 0.552. The monoisotopic (exact) mass is 191 g/mol. The first-order valence-corrected chi connectivity index (χ1v) is 4.31. The standard InChI is InChI=1S/C10H9NO3/c12-8-6-9(11-8)14-10(13)7-4-2-1-3-5-7/h1-5,9H,6H2,(H,11,12)/t9-/m1/s1. The minimum atomic E-state index is -0.449. The Labute approximate surface area is 80.9 Å². The van der Waals surface area contributed by atoms with Gasteiger partial charge in [-0.2, -0.15) is 0 Å². The highest BCUT2D eigenvalue weighted by Gasteiger charge is 2.28. The van der Waals surface area contributed by atoms with Gasteiger partial charge in [-0.1, -0.05) is 18.2 Å². The second kappa shape index (κ2) is 3.49. The summed E-state index contributed by atoms with van der Waals surface area (Å²) >= 11 is 0. The minimum Gasteiger partial charge on any atom is -0.438 e. The minimum absolute atomic E-state index is 0.0872. The van der Waals surface area contributed by atoms with Crippen LogP contribution < -0.4 is 5.32 Å². The van der Waals surface area contributed by atoms with Gasteiger partial charge in [-0.15, -0.1) is 0 Å². The molecule has 4 heteroatoms. The van der Waals surface area contributed by atoms with Gasteiger partial charge >= 0.3 is 5.97 Å². The lowest BCUT2D eigenvalue weighted by Crippen LogP contribution is -2.50. The number of carbonyl (C=O) groups excluding carboxylic acids is 2. The fraction of sp³-hybridized carbons (Fsp3) is 0.200. The molecule has 1 aliphatic rings. The van der Waals surface area contributed by atoms with Crippen molar-refractivity contribution in [3.05, 3.63) is 35.9 Å². The SMILES string of the molecule is O=C1C[C@@H](OC(=O)c2ccccc2)N1. The molecule has 1 atom stereocenters. The van der Waals surface area contributed by atoms with Crippen molar-refractivity contribution >= 4 is 11.9 Å². The maximum absolute atomic E-state index is 11.4. The predicted octanol–water partition coefficient (Wildman–Crippen LogP) is 0.689. The normalized spacial score (nSPS) is 19.4. The van der Waals surface area contributed by atoms with E-state index in [4.69, 9.17) is 4.74 Å². The van der Waals surface area contributed by atoms with E-state index in [1.54, 1.807) is 24.3 Å². The van der Waals surface area contributed by atoms with E-state index in [1.807, 2.05) is 6.07 Å². The van der Waals surface area contributed by atoms with E-state index in [1.165, 1.54) is 0 Å². The highest BCUT2D eigenvalue weighted by Crippen LogP contribution is 2.09. The molecule has 4 nitrogen and oxygen atoms in total. The molecule has 1 aromatic rings. The molecule has 0 unspecified atom stereocenters. The van der Waals surface area contributed by atoms with Crippen molar-refractivity contribution < 1.29 is 14.3 Å². The van der Waals surface area contributed by atoms with Crippen LogP contribution in [0, 0.1) is 0 Å². The molecule has 1 amide bonds. The molecule has 14 heavy (non-hydrogen) atoms. The van der Waals surface area contributed by atoms with Gasteiger partial charge in [0.15, 0.2) is 6.23 Å². The smallest absolute Gasteiger partial charge is 0.340 e. The topological polar surface area (TPSA) is 55.4 Å². The predicted molar refractivity (Wildman–Crippen MR) is 48.4 cm³/mol. The first-order valence-electron chi connectivity index (χ1n) is 4.31. The van der Waals surface area contributed by atoms with Gasteiger partial charge in [-0.25, -0.2) is 4.79 Å². The molecule has 72 valence electrons. The van der Waals surface area contributed by atoms with Gasteiger partial charge in [-0.3, -0.25) is 4.79 Å². The summed E-state index contributed by atoms with van der Waals surface area (Å²) in [4.78, 5) is 21.9. The average Bonchev–Trinajstić information content (AvgIpc) is 2.17. The number of β-lactam (4-membered cyclic amide) rings is 1. The second-order valence-electron chi connectivity index (χ2n) is 3.03. The molecular formula is C10H9NO3. The summed E-state index contributed by atoms with van der Waals surface area (Å²) < 4.78 is 4.97. The van der Waals surface area contributed by atoms with Crippen molar-refractivity contribution in [1.82, 2.24) is 5.32 Å². The fourth-order valence-electron chi connectivity index (χ4n) is 1.17. The second-order valence-corrected chi connectivity index (χ2v) is 3.03. The largest absolute Gasteiger partial charge is 0.438 e. The third kappa shape index (κ3) is 1.74. The van der Waals surface area contributed by atoms with Crippen LogP contribution in [0.5, 0.6) is 0 Å². The summed E-state index contributed by atoms with van der Waals surface area (Å²) in [5.41, 5.74) is 0.494. The van der Waals surface area contributed by atoms with E-state index in [0.29, 0.717) is 5.56 Å². The molecule has 0 spiro atoms. The van der Waals surface area contributed by atoms with Gasteiger partial charge in [-0.05, 0) is 12.1 Å². The lowest BCUT2D eigenvalue weighted by molar-refractivity contribution is -0.136. The number of hydrogen-bond donors (Lipinski definition) is 1. The van der Waals surface area contributed by atoms with Gasteiger partial charge in [0.2, 0.25) is 5.91 Å². The van der Waals surface area contributed by atoms with Crippen LogP contribution in [0.15, 0.2) is 30.3 Å². The first-order chi connectivity index (χ1) is 6.75. The number of carbonyl (C=O) groups is 2. The highest BCUT2D eigenvalue weighted by molar-refractivity contribution is 5.90. The molecule has 0 aromatic heterocycles. The summed E-state index contributed by atoms with van der Waals surface area (Å²) in [7, 11) is 0. The van der Waals surface area contributed by atoms with Crippen molar-refractivity contribution in [3.63, 3.8) is 0 Å². The van der Waals surface area contributed by atoms with E-state index < -0.39 is 12.2 Å². The summed E-state index contributed by atoms with van der Waals surface area (Å²) in [6.45, 7) is 0. The summed E-state index contributed by atoms with van der Waals surface area (Å²) in [5.74, 6) is -0.494. The van der Waals surface area contributed by atoms with E-state index in [-0.39, 0.29) is 12.3 Å². The van der Waals surface area contributed by atoms with Gasteiger partial charge in [0.25, 0.3) is 0 Å². The van der Waals surface area contributed by atoms with Crippen molar-refractivity contribution in [3.8, 4) is 0 Å². The molecule has 0 aliphatic carbocycles. The van der Waals surface area contributed by atoms with E-state index >= 15 is 0 Å². The lowest BCUT2D eigenvalue weighted by atomic mass is 10.2. The molecule has 1 N–H and O–H groups in total. The summed E-state index contributed by atoms with van der Waals surface area (Å²) in [6.07, 6.45) is -0.186. The average molecular weight is 191 g/mol. The zero-order chi connectivity index (χ0) is 9.97. The van der Waals surface area contributed by atoms with E-state index in [9.17, 15) is 9.59 Å². The Morgan fingerprint density at radius 3 is 2.57 bits per heavy atom. The molecule has 2 rings (SSSR count). The molecule has 1 fully saturated rings. The fourth-order valence-corrected chi connectivity index (χ4v) is 1.17. The number of rotatable bonds is 2. The van der Waals surface area contributed by atoms with Gasteiger partial charge < -0.3 is 10.1 Å². The Balaban J connectivity index is 1.93. The Hall–Kier alpha value is -1.84. The van der Waals surface area contributed by atoms with Gasteiger partial charge in [0.1, 0.15) is 0 Å². The molecule has 1 aliphatic heterocycles. The summed E-state index contributed by atoms with van der Waals surface area (Å²) in [6, 6.07) is 8.68. The molecule has 0 saturated carbocycles. The first kappa shape index (κ1) is 8.74. The molecule has 1 aromatic carbocycles. The molecule has 0 radical (unpaired) electrons. The van der Waals surface area contributed by atoms with Crippen LogP contribution in [-0.2, 0) is 9.53 Å². The maximum atomic E-state index is 11.4. The van der Waals surface area contributed by atoms with Crippen LogP contribution >= 0.6 is 0 Å². The molecule has 1 saturated heterocycles. The third-order valence-electron chi connectivity index (χ3n) is 1.95.